The smallest absolute Gasteiger partial charge is 0.133 e. The van der Waals surface area contributed by atoms with Crippen LogP contribution in [-0.4, -0.2) is 16.6 Å². The van der Waals surface area contributed by atoms with Crippen molar-refractivity contribution >= 4 is 16.6 Å². The van der Waals surface area contributed by atoms with Crippen molar-refractivity contribution in [1.29, 1.82) is 0 Å². The Morgan fingerprint density at radius 2 is 2.00 bits per heavy atom. The summed E-state index contributed by atoms with van der Waals surface area (Å²) in [6.07, 6.45) is 2.73. The van der Waals surface area contributed by atoms with Crippen molar-refractivity contribution in [2.24, 2.45) is 0 Å². The molecule has 3 rings (SSSR count). The predicted octanol–water partition coefficient (Wildman–Crippen LogP) is 3.90. The summed E-state index contributed by atoms with van der Waals surface area (Å²) in [7, 11) is 0. The lowest BCUT2D eigenvalue weighted by atomic mass is 10.1. The van der Waals surface area contributed by atoms with Crippen molar-refractivity contribution in [1.82, 2.24) is 4.98 Å². The maximum Gasteiger partial charge on any atom is 0.133 e. The number of pyridine rings is 1. The van der Waals surface area contributed by atoms with Gasteiger partial charge in [0.25, 0.3) is 0 Å². The van der Waals surface area contributed by atoms with Crippen molar-refractivity contribution in [3.8, 4) is 5.75 Å². The molecule has 0 saturated heterocycles. The fraction of sp³-hybridized carbons (Fsp3) is 0.167. The molecule has 0 fully saturated rings. The fourth-order valence-electron chi connectivity index (χ4n) is 2.49. The number of aromatic nitrogens is 1. The van der Waals surface area contributed by atoms with E-state index in [-0.39, 0.29) is 5.75 Å². The average Bonchev–Trinajstić information content (AvgIpc) is 2.48. The van der Waals surface area contributed by atoms with Crippen LogP contribution in [0.3, 0.4) is 0 Å². The molecule has 0 bridgehead atoms. The highest BCUT2D eigenvalue weighted by atomic mass is 16.3. The third-order valence-electron chi connectivity index (χ3n) is 3.54. The molecular weight excluding hydrogens is 260 g/mol. The molecule has 0 amide bonds. The molecule has 0 unspecified atom stereocenters. The molecule has 0 saturated carbocycles. The van der Waals surface area contributed by atoms with Crippen molar-refractivity contribution < 1.29 is 5.11 Å². The Morgan fingerprint density at radius 1 is 1.10 bits per heavy atom. The number of aryl methyl sites for hydroxylation is 1. The van der Waals surface area contributed by atoms with Gasteiger partial charge < -0.3 is 10.4 Å². The van der Waals surface area contributed by atoms with Gasteiger partial charge in [-0.3, -0.25) is 0 Å². The summed E-state index contributed by atoms with van der Waals surface area (Å²) in [4.78, 5) is 4.37. The summed E-state index contributed by atoms with van der Waals surface area (Å²) >= 11 is 0. The molecule has 0 aliphatic rings. The highest BCUT2D eigenvalue weighted by Crippen LogP contribution is 2.25. The van der Waals surface area contributed by atoms with Gasteiger partial charge in [0.2, 0.25) is 0 Å². The number of anilines is 1. The topological polar surface area (TPSA) is 45.2 Å². The van der Waals surface area contributed by atoms with Crippen LogP contribution < -0.4 is 5.32 Å². The second-order valence-corrected chi connectivity index (χ2v) is 5.23. The summed E-state index contributed by atoms with van der Waals surface area (Å²) in [5.74, 6) is 1.08. The molecule has 0 radical (unpaired) electrons. The molecule has 0 spiro atoms. The van der Waals surface area contributed by atoms with Crippen LogP contribution in [0.1, 0.15) is 11.1 Å². The molecular formula is C18H18N2O. The molecule has 3 nitrogen and oxygen atoms in total. The van der Waals surface area contributed by atoms with Crippen LogP contribution in [-0.2, 0) is 6.42 Å². The quantitative estimate of drug-likeness (QED) is 0.760. The lowest BCUT2D eigenvalue weighted by Gasteiger charge is -2.09. The molecule has 3 aromatic rings. The van der Waals surface area contributed by atoms with Crippen LogP contribution in [0.5, 0.6) is 5.75 Å². The molecule has 0 atom stereocenters. The maximum absolute atomic E-state index is 9.63. The van der Waals surface area contributed by atoms with E-state index in [1.807, 2.05) is 12.1 Å². The average molecular weight is 278 g/mol. The van der Waals surface area contributed by atoms with E-state index in [9.17, 15) is 5.11 Å². The number of benzene rings is 2. The Hall–Kier alpha value is -2.55. The van der Waals surface area contributed by atoms with E-state index in [0.717, 1.165) is 29.6 Å². The van der Waals surface area contributed by atoms with Gasteiger partial charge in [-0.2, -0.15) is 0 Å². The van der Waals surface area contributed by atoms with E-state index in [1.165, 1.54) is 11.1 Å². The third-order valence-corrected chi connectivity index (χ3v) is 3.54. The SMILES string of the molecule is Cc1cccc(CCNc2nccc3ccc(O)cc23)c1. The number of phenols is 1. The monoisotopic (exact) mass is 278 g/mol. The number of fused-ring (bicyclic) bond motifs is 1. The van der Waals surface area contributed by atoms with Gasteiger partial charge in [0.15, 0.2) is 0 Å². The van der Waals surface area contributed by atoms with Crippen LogP contribution in [0, 0.1) is 6.92 Å². The molecule has 0 aliphatic heterocycles. The molecule has 2 aromatic carbocycles. The van der Waals surface area contributed by atoms with Crippen molar-refractivity contribution in [2.75, 3.05) is 11.9 Å². The number of aromatic hydroxyl groups is 1. The van der Waals surface area contributed by atoms with Gasteiger partial charge in [0, 0.05) is 18.1 Å². The van der Waals surface area contributed by atoms with E-state index < -0.39 is 0 Å². The third kappa shape index (κ3) is 3.14. The van der Waals surface area contributed by atoms with Gasteiger partial charge in [-0.15, -0.1) is 0 Å². The van der Waals surface area contributed by atoms with E-state index in [1.54, 1.807) is 18.3 Å². The minimum Gasteiger partial charge on any atom is -0.508 e. The first-order chi connectivity index (χ1) is 10.2. The van der Waals surface area contributed by atoms with Gasteiger partial charge in [-0.25, -0.2) is 4.98 Å². The van der Waals surface area contributed by atoms with Gasteiger partial charge in [0.1, 0.15) is 11.6 Å². The molecule has 1 heterocycles. The van der Waals surface area contributed by atoms with Crippen LogP contribution in [0.15, 0.2) is 54.7 Å². The summed E-state index contributed by atoms with van der Waals surface area (Å²) < 4.78 is 0. The number of hydrogen-bond acceptors (Lipinski definition) is 3. The van der Waals surface area contributed by atoms with Gasteiger partial charge in [0.05, 0.1) is 0 Å². The maximum atomic E-state index is 9.63. The highest BCUT2D eigenvalue weighted by molar-refractivity contribution is 5.92. The van der Waals surface area contributed by atoms with E-state index in [2.05, 4.69) is 41.5 Å². The number of nitrogens with one attached hydrogen (secondary N) is 1. The molecule has 0 aliphatic carbocycles. The first-order valence-corrected chi connectivity index (χ1v) is 7.09. The second kappa shape index (κ2) is 5.83. The van der Waals surface area contributed by atoms with E-state index in [4.69, 9.17) is 0 Å². The summed E-state index contributed by atoms with van der Waals surface area (Å²) in [5, 5.41) is 15.0. The van der Waals surface area contributed by atoms with Crippen LogP contribution in [0.4, 0.5) is 5.82 Å². The lowest BCUT2D eigenvalue weighted by Crippen LogP contribution is -2.06. The zero-order valence-electron chi connectivity index (χ0n) is 12.0. The molecule has 1 aromatic heterocycles. The highest BCUT2D eigenvalue weighted by Gasteiger charge is 2.03. The van der Waals surface area contributed by atoms with Crippen LogP contribution in [0.25, 0.3) is 10.8 Å². The van der Waals surface area contributed by atoms with Gasteiger partial charge in [-0.05, 0) is 42.5 Å². The Morgan fingerprint density at radius 3 is 2.86 bits per heavy atom. The summed E-state index contributed by atoms with van der Waals surface area (Å²) in [5.41, 5.74) is 2.59. The summed E-state index contributed by atoms with van der Waals surface area (Å²) in [6.45, 7) is 2.91. The fourth-order valence-corrected chi connectivity index (χ4v) is 2.49. The van der Waals surface area contributed by atoms with Crippen molar-refractivity contribution in [3.63, 3.8) is 0 Å². The standard InChI is InChI=1S/C18H18N2O/c1-13-3-2-4-14(11-13)7-9-19-18-17-12-16(21)6-5-15(17)8-10-20-18/h2-6,8,10-12,21H,7,9H2,1H3,(H,19,20). The second-order valence-electron chi connectivity index (χ2n) is 5.23. The molecule has 106 valence electrons. The van der Waals surface area contributed by atoms with Crippen molar-refractivity contribution in [3.05, 3.63) is 65.9 Å². The van der Waals surface area contributed by atoms with E-state index in [0.29, 0.717) is 0 Å². The molecule has 3 heteroatoms. The lowest BCUT2D eigenvalue weighted by molar-refractivity contribution is 0.476. The van der Waals surface area contributed by atoms with Crippen LogP contribution >= 0.6 is 0 Å². The number of rotatable bonds is 4. The Bertz CT molecular complexity index is 768. The predicted molar refractivity (Wildman–Crippen MR) is 86.8 cm³/mol. The molecule has 21 heavy (non-hydrogen) atoms. The summed E-state index contributed by atoms with van der Waals surface area (Å²) in [6, 6.07) is 15.8. The number of nitrogens with zero attached hydrogens (tertiary/aromatic N) is 1. The first-order valence-electron chi connectivity index (χ1n) is 7.09. The Balaban J connectivity index is 1.75. The first kappa shape index (κ1) is 13.4. The zero-order valence-corrected chi connectivity index (χ0v) is 12.0. The van der Waals surface area contributed by atoms with Gasteiger partial charge >= 0.3 is 0 Å². The number of hydrogen-bond donors (Lipinski definition) is 2. The Labute approximate surface area is 124 Å². The zero-order chi connectivity index (χ0) is 14.7. The molecule has 2 N–H and O–H groups in total. The minimum atomic E-state index is 0.261. The van der Waals surface area contributed by atoms with E-state index >= 15 is 0 Å². The Kier molecular flexibility index (Phi) is 3.73. The largest absolute Gasteiger partial charge is 0.508 e. The van der Waals surface area contributed by atoms with Crippen molar-refractivity contribution in [2.45, 2.75) is 13.3 Å². The normalized spacial score (nSPS) is 10.7. The van der Waals surface area contributed by atoms with Gasteiger partial charge in [-0.1, -0.05) is 35.9 Å². The van der Waals surface area contributed by atoms with Crippen LogP contribution in [0.2, 0.25) is 0 Å². The number of phenolic OH excluding ortho intramolecular Hbond substituents is 1. The minimum absolute atomic E-state index is 0.261.